The lowest BCUT2D eigenvalue weighted by atomic mass is 10.1. The molecule has 5 heteroatoms. The van der Waals surface area contributed by atoms with Gasteiger partial charge >= 0.3 is 0 Å². The molecule has 0 spiro atoms. The van der Waals surface area contributed by atoms with Crippen molar-refractivity contribution in [3.8, 4) is 0 Å². The normalized spacial score (nSPS) is 12.3. The van der Waals surface area contributed by atoms with Gasteiger partial charge in [-0.3, -0.25) is 4.79 Å². The molecular weight excluding hydrogens is 310 g/mol. The van der Waals surface area contributed by atoms with Gasteiger partial charge in [-0.05, 0) is 43.7 Å². The number of carbonyl (C=O) groups is 1. The molecule has 1 heterocycles. The van der Waals surface area contributed by atoms with E-state index in [4.69, 9.17) is 11.6 Å². The van der Waals surface area contributed by atoms with Crippen molar-refractivity contribution < 1.29 is 4.79 Å². The summed E-state index contributed by atoms with van der Waals surface area (Å²) in [6.45, 7) is 4.10. The smallest absolute Gasteiger partial charge is 0.240 e. The van der Waals surface area contributed by atoms with Crippen molar-refractivity contribution in [1.29, 1.82) is 0 Å². The summed E-state index contributed by atoms with van der Waals surface area (Å²) in [7, 11) is 0. The Morgan fingerprint density at radius 3 is 2.83 bits per heavy atom. The molecule has 118 valence electrons. The molecule has 3 aromatic rings. The highest BCUT2D eigenvalue weighted by Crippen LogP contribution is 2.18. The summed E-state index contributed by atoms with van der Waals surface area (Å²) in [6.07, 6.45) is 0. The Labute approximate surface area is 140 Å². The zero-order valence-electron chi connectivity index (χ0n) is 13.1. The van der Waals surface area contributed by atoms with E-state index in [0.717, 1.165) is 22.4 Å². The van der Waals surface area contributed by atoms with Gasteiger partial charge in [0.15, 0.2) is 0 Å². The maximum absolute atomic E-state index is 12.4. The van der Waals surface area contributed by atoms with E-state index in [0.29, 0.717) is 5.02 Å². The molecule has 23 heavy (non-hydrogen) atoms. The zero-order valence-corrected chi connectivity index (χ0v) is 13.8. The lowest BCUT2D eigenvalue weighted by Gasteiger charge is -2.15. The van der Waals surface area contributed by atoms with Crippen molar-refractivity contribution in [2.45, 2.75) is 26.4 Å². The minimum atomic E-state index is -0.101. The van der Waals surface area contributed by atoms with Crippen LogP contribution in [0.2, 0.25) is 5.02 Å². The van der Waals surface area contributed by atoms with E-state index in [1.807, 2.05) is 66.9 Å². The summed E-state index contributed by atoms with van der Waals surface area (Å²) in [4.78, 5) is 16.9. The number of benzene rings is 2. The van der Waals surface area contributed by atoms with Crippen LogP contribution in [0.4, 0.5) is 0 Å². The summed E-state index contributed by atoms with van der Waals surface area (Å²) < 4.78 is 1.93. The maximum atomic E-state index is 12.4. The van der Waals surface area contributed by atoms with Gasteiger partial charge in [0.05, 0.1) is 17.1 Å². The number of hydrogen-bond donors (Lipinski definition) is 1. The first kappa shape index (κ1) is 15.6. The van der Waals surface area contributed by atoms with Gasteiger partial charge < -0.3 is 9.88 Å². The largest absolute Gasteiger partial charge is 0.348 e. The molecule has 0 unspecified atom stereocenters. The summed E-state index contributed by atoms with van der Waals surface area (Å²) in [5.74, 6) is 0.778. The molecule has 0 radical (unpaired) electrons. The van der Waals surface area contributed by atoms with Crippen LogP contribution in [-0.2, 0) is 11.3 Å². The summed E-state index contributed by atoms with van der Waals surface area (Å²) in [5.41, 5.74) is 2.86. The second-order valence-corrected chi connectivity index (χ2v) is 6.01. The minimum Gasteiger partial charge on any atom is -0.348 e. The highest BCUT2D eigenvalue weighted by molar-refractivity contribution is 6.30. The molecule has 0 aliphatic rings. The molecule has 0 fully saturated rings. The van der Waals surface area contributed by atoms with E-state index >= 15 is 0 Å². The van der Waals surface area contributed by atoms with Gasteiger partial charge in [-0.25, -0.2) is 4.98 Å². The highest BCUT2D eigenvalue weighted by Gasteiger charge is 2.13. The number of para-hydroxylation sites is 2. The van der Waals surface area contributed by atoms with Gasteiger partial charge in [0.2, 0.25) is 5.91 Å². The molecule has 1 amide bonds. The van der Waals surface area contributed by atoms with Crippen molar-refractivity contribution in [3.05, 3.63) is 64.9 Å². The Morgan fingerprint density at radius 2 is 2.04 bits per heavy atom. The first-order valence-corrected chi connectivity index (χ1v) is 7.89. The van der Waals surface area contributed by atoms with E-state index < -0.39 is 0 Å². The van der Waals surface area contributed by atoms with E-state index in [1.54, 1.807) is 0 Å². The van der Waals surface area contributed by atoms with Crippen molar-refractivity contribution in [3.63, 3.8) is 0 Å². The lowest BCUT2D eigenvalue weighted by Crippen LogP contribution is -2.30. The van der Waals surface area contributed by atoms with E-state index in [2.05, 4.69) is 10.3 Å². The number of imidazole rings is 1. The maximum Gasteiger partial charge on any atom is 0.240 e. The monoisotopic (exact) mass is 327 g/mol. The van der Waals surface area contributed by atoms with Crippen molar-refractivity contribution in [1.82, 2.24) is 14.9 Å². The van der Waals surface area contributed by atoms with E-state index in [1.165, 1.54) is 0 Å². The molecule has 2 aromatic carbocycles. The van der Waals surface area contributed by atoms with Crippen molar-refractivity contribution in [2.24, 2.45) is 0 Å². The number of nitrogens with one attached hydrogen (secondary N) is 1. The van der Waals surface area contributed by atoms with Gasteiger partial charge in [0.1, 0.15) is 12.4 Å². The lowest BCUT2D eigenvalue weighted by molar-refractivity contribution is -0.122. The fraction of sp³-hybridized carbons (Fsp3) is 0.222. The van der Waals surface area contributed by atoms with Gasteiger partial charge in [-0.2, -0.15) is 0 Å². The SMILES string of the molecule is Cc1nc2ccccc2n1CC(=O)N[C@@H](C)c1cccc(Cl)c1. The van der Waals surface area contributed by atoms with Gasteiger partial charge in [0.25, 0.3) is 0 Å². The molecule has 3 rings (SSSR count). The summed E-state index contributed by atoms with van der Waals surface area (Å²) in [6, 6.07) is 15.2. The average molecular weight is 328 g/mol. The van der Waals surface area contributed by atoms with Gasteiger partial charge in [-0.1, -0.05) is 35.9 Å². The fourth-order valence-electron chi connectivity index (χ4n) is 2.69. The second-order valence-electron chi connectivity index (χ2n) is 5.58. The van der Waals surface area contributed by atoms with Crippen LogP contribution in [0.5, 0.6) is 0 Å². The predicted molar refractivity (Wildman–Crippen MR) is 92.5 cm³/mol. The summed E-state index contributed by atoms with van der Waals surface area (Å²) >= 11 is 6.00. The molecule has 0 aliphatic carbocycles. The summed E-state index contributed by atoms with van der Waals surface area (Å²) in [5, 5.41) is 3.67. The van der Waals surface area contributed by atoms with E-state index in [9.17, 15) is 4.79 Å². The van der Waals surface area contributed by atoms with Crippen LogP contribution in [0, 0.1) is 6.92 Å². The average Bonchev–Trinajstić information content (AvgIpc) is 2.83. The molecule has 1 aromatic heterocycles. The first-order chi connectivity index (χ1) is 11.0. The highest BCUT2D eigenvalue weighted by atomic mass is 35.5. The topological polar surface area (TPSA) is 46.9 Å². The van der Waals surface area contributed by atoms with Crippen LogP contribution in [-0.4, -0.2) is 15.5 Å². The molecular formula is C18H18ClN3O. The number of rotatable bonds is 4. The minimum absolute atomic E-state index is 0.0521. The molecule has 0 aliphatic heterocycles. The third-order valence-electron chi connectivity index (χ3n) is 3.87. The number of aryl methyl sites for hydroxylation is 1. The number of hydrogen-bond acceptors (Lipinski definition) is 2. The number of carbonyl (C=O) groups excluding carboxylic acids is 1. The molecule has 1 atom stereocenters. The quantitative estimate of drug-likeness (QED) is 0.790. The van der Waals surface area contributed by atoms with Crippen molar-refractivity contribution >= 4 is 28.5 Å². The Hall–Kier alpha value is -2.33. The molecule has 0 saturated carbocycles. The van der Waals surface area contributed by atoms with Crippen LogP contribution < -0.4 is 5.32 Å². The molecule has 0 bridgehead atoms. The third-order valence-corrected chi connectivity index (χ3v) is 4.11. The molecule has 0 saturated heterocycles. The Morgan fingerprint density at radius 1 is 1.26 bits per heavy atom. The first-order valence-electron chi connectivity index (χ1n) is 7.51. The third kappa shape index (κ3) is 3.37. The van der Waals surface area contributed by atoms with Crippen LogP contribution in [0.25, 0.3) is 11.0 Å². The van der Waals surface area contributed by atoms with Crippen LogP contribution in [0.15, 0.2) is 48.5 Å². The predicted octanol–water partition coefficient (Wildman–Crippen LogP) is 3.88. The number of aromatic nitrogens is 2. The van der Waals surface area contributed by atoms with Crippen LogP contribution in [0.1, 0.15) is 24.4 Å². The molecule has 4 nitrogen and oxygen atoms in total. The van der Waals surface area contributed by atoms with E-state index in [-0.39, 0.29) is 18.5 Å². The number of amides is 1. The second kappa shape index (κ2) is 6.42. The zero-order chi connectivity index (χ0) is 16.4. The van der Waals surface area contributed by atoms with Crippen LogP contribution in [0.3, 0.4) is 0 Å². The van der Waals surface area contributed by atoms with Gasteiger partial charge in [0, 0.05) is 5.02 Å². The molecule has 1 N–H and O–H groups in total. The number of halogens is 1. The Kier molecular flexibility index (Phi) is 4.35. The standard InChI is InChI=1S/C18H18ClN3O/c1-12(14-6-5-7-15(19)10-14)20-18(23)11-22-13(2)21-16-8-3-4-9-17(16)22/h3-10,12H,11H2,1-2H3,(H,20,23)/t12-/m0/s1. The Bertz CT molecular complexity index is 856. The fourth-order valence-corrected chi connectivity index (χ4v) is 2.88. The van der Waals surface area contributed by atoms with Gasteiger partial charge in [-0.15, -0.1) is 0 Å². The Balaban J connectivity index is 1.75. The van der Waals surface area contributed by atoms with Crippen LogP contribution >= 0.6 is 11.6 Å². The number of fused-ring (bicyclic) bond motifs is 1. The van der Waals surface area contributed by atoms with Crippen molar-refractivity contribution in [2.75, 3.05) is 0 Å². The number of nitrogens with zero attached hydrogens (tertiary/aromatic N) is 2.